The molecule has 0 saturated carbocycles. The maximum atomic E-state index is 13.1. The number of benzene rings is 1. The van der Waals surface area contributed by atoms with E-state index in [0.717, 1.165) is 37.4 Å². The highest BCUT2D eigenvalue weighted by Gasteiger charge is 2.22. The molecule has 0 bridgehead atoms. The maximum absolute atomic E-state index is 13.1. The van der Waals surface area contributed by atoms with E-state index in [2.05, 4.69) is 25.8 Å². The van der Waals surface area contributed by atoms with Gasteiger partial charge in [-0.3, -0.25) is 10.1 Å². The van der Waals surface area contributed by atoms with Crippen molar-refractivity contribution in [1.29, 1.82) is 0 Å². The molecule has 3 aromatic rings. The van der Waals surface area contributed by atoms with Crippen LogP contribution in [-0.4, -0.2) is 43.5 Å². The molecule has 8 nitrogen and oxygen atoms in total. The lowest BCUT2D eigenvalue weighted by molar-refractivity contribution is 0.102. The van der Waals surface area contributed by atoms with Crippen molar-refractivity contribution in [2.24, 2.45) is 7.05 Å². The Bertz CT molecular complexity index is 986. The summed E-state index contributed by atoms with van der Waals surface area (Å²) < 4.78 is 16.3. The van der Waals surface area contributed by atoms with Crippen molar-refractivity contribution >= 4 is 11.9 Å². The van der Waals surface area contributed by atoms with Crippen LogP contribution >= 0.6 is 0 Å². The van der Waals surface area contributed by atoms with E-state index in [4.69, 9.17) is 0 Å². The topological polar surface area (TPSA) is 89.7 Å². The first kappa shape index (κ1) is 18.3. The molecule has 1 fully saturated rings. The molecule has 1 aromatic carbocycles. The molecule has 2 N–H and O–H groups in total. The van der Waals surface area contributed by atoms with Crippen molar-refractivity contribution < 1.29 is 9.18 Å². The van der Waals surface area contributed by atoms with Gasteiger partial charge in [0.25, 0.3) is 5.91 Å². The Morgan fingerprint density at radius 2 is 1.93 bits per heavy atom. The lowest BCUT2D eigenvalue weighted by Gasteiger charge is -2.19. The van der Waals surface area contributed by atoms with Crippen LogP contribution in [0, 0.1) is 12.7 Å². The minimum atomic E-state index is -0.365. The average molecular weight is 383 g/mol. The van der Waals surface area contributed by atoms with Gasteiger partial charge in [-0.15, -0.1) is 0 Å². The second-order valence-corrected chi connectivity index (χ2v) is 6.95. The highest BCUT2D eigenvalue weighted by molar-refractivity contribution is 6.02. The molecule has 3 heterocycles. The summed E-state index contributed by atoms with van der Waals surface area (Å²) in [5.74, 6) is 0.771. The number of nitrogens with zero attached hydrogens (tertiary/aromatic N) is 5. The van der Waals surface area contributed by atoms with Crippen molar-refractivity contribution in [3.05, 3.63) is 53.4 Å². The quantitative estimate of drug-likeness (QED) is 0.721. The van der Waals surface area contributed by atoms with Gasteiger partial charge in [0.1, 0.15) is 5.82 Å². The average Bonchev–Trinajstić information content (AvgIpc) is 3.26. The fourth-order valence-electron chi connectivity index (χ4n) is 3.36. The van der Waals surface area contributed by atoms with Crippen LogP contribution in [0.1, 0.15) is 40.8 Å². The molecule has 0 radical (unpaired) electrons. The number of anilines is 1. The van der Waals surface area contributed by atoms with E-state index in [9.17, 15) is 9.18 Å². The molecule has 28 heavy (non-hydrogen) atoms. The fraction of sp³-hybridized carbons (Fsp3) is 0.368. The second-order valence-electron chi connectivity index (χ2n) is 6.95. The lowest BCUT2D eigenvalue weighted by atomic mass is 9.98. The van der Waals surface area contributed by atoms with E-state index in [1.165, 1.54) is 12.1 Å². The van der Waals surface area contributed by atoms with Crippen molar-refractivity contribution in [2.45, 2.75) is 25.7 Å². The molecule has 0 atom stereocenters. The van der Waals surface area contributed by atoms with Crippen LogP contribution in [0.3, 0.4) is 0 Å². The molecule has 1 aliphatic rings. The van der Waals surface area contributed by atoms with Gasteiger partial charge in [0, 0.05) is 18.7 Å². The molecular weight excluding hydrogens is 361 g/mol. The molecule has 1 aliphatic heterocycles. The number of hydrogen-bond acceptors (Lipinski definition) is 5. The number of hydrogen-bond donors (Lipinski definition) is 2. The van der Waals surface area contributed by atoms with Crippen LogP contribution in [0.25, 0.3) is 5.69 Å². The van der Waals surface area contributed by atoms with Crippen LogP contribution in [0.4, 0.5) is 10.3 Å². The van der Waals surface area contributed by atoms with Crippen molar-refractivity contribution in [1.82, 2.24) is 29.9 Å². The highest BCUT2D eigenvalue weighted by Crippen LogP contribution is 2.23. The smallest absolute Gasteiger partial charge is 0.278 e. The summed E-state index contributed by atoms with van der Waals surface area (Å²) in [5.41, 5.74) is 1.71. The number of aromatic nitrogens is 5. The van der Waals surface area contributed by atoms with E-state index < -0.39 is 0 Å². The van der Waals surface area contributed by atoms with Gasteiger partial charge in [-0.2, -0.15) is 15.2 Å². The molecule has 2 aromatic heterocycles. The van der Waals surface area contributed by atoms with E-state index >= 15 is 0 Å². The molecule has 1 amide bonds. The number of halogens is 1. The zero-order valence-corrected chi connectivity index (χ0v) is 15.8. The van der Waals surface area contributed by atoms with Crippen LogP contribution in [-0.2, 0) is 7.05 Å². The third-order valence-electron chi connectivity index (χ3n) is 4.90. The fourth-order valence-corrected chi connectivity index (χ4v) is 3.36. The third kappa shape index (κ3) is 3.65. The molecule has 0 spiro atoms. The number of piperidine rings is 1. The Hall–Kier alpha value is -3.07. The van der Waals surface area contributed by atoms with Crippen LogP contribution < -0.4 is 10.6 Å². The molecular formula is C19H22FN7O. The summed E-state index contributed by atoms with van der Waals surface area (Å²) in [6.07, 6.45) is 1.97. The largest absolute Gasteiger partial charge is 0.317 e. The first-order valence-electron chi connectivity index (χ1n) is 9.27. The van der Waals surface area contributed by atoms with Gasteiger partial charge in [0.2, 0.25) is 5.95 Å². The predicted octanol–water partition coefficient (Wildman–Crippen LogP) is 2.17. The monoisotopic (exact) mass is 383 g/mol. The zero-order valence-electron chi connectivity index (χ0n) is 15.8. The summed E-state index contributed by atoms with van der Waals surface area (Å²) in [4.78, 5) is 17.2. The minimum Gasteiger partial charge on any atom is -0.317 e. The third-order valence-corrected chi connectivity index (χ3v) is 4.90. The van der Waals surface area contributed by atoms with Gasteiger partial charge in [-0.1, -0.05) is 0 Å². The number of amides is 1. The summed E-state index contributed by atoms with van der Waals surface area (Å²) in [6.45, 7) is 3.74. The Morgan fingerprint density at radius 1 is 1.21 bits per heavy atom. The highest BCUT2D eigenvalue weighted by atomic mass is 19.1. The first-order chi connectivity index (χ1) is 13.5. The van der Waals surface area contributed by atoms with Gasteiger partial charge in [0.15, 0.2) is 11.5 Å². The molecule has 0 unspecified atom stereocenters. The van der Waals surface area contributed by atoms with E-state index in [1.54, 1.807) is 34.6 Å². The normalized spacial score (nSPS) is 15.0. The van der Waals surface area contributed by atoms with Crippen LogP contribution in [0.15, 0.2) is 30.3 Å². The maximum Gasteiger partial charge on any atom is 0.278 e. The Balaban J connectivity index is 1.52. The Labute approximate surface area is 161 Å². The van der Waals surface area contributed by atoms with Gasteiger partial charge < -0.3 is 5.32 Å². The zero-order chi connectivity index (χ0) is 19.7. The number of carbonyl (C=O) groups is 1. The SMILES string of the molecule is Cc1cc(C(=O)Nc2nc(C3CCNCC3)nn2C)nn1-c1ccc(F)cc1. The van der Waals surface area contributed by atoms with Crippen molar-refractivity contribution in [3.63, 3.8) is 0 Å². The number of nitrogens with one attached hydrogen (secondary N) is 2. The summed E-state index contributed by atoms with van der Waals surface area (Å²) in [5, 5.41) is 14.9. The lowest BCUT2D eigenvalue weighted by Crippen LogP contribution is -2.27. The minimum absolute atomic E-state index is 0.258. The predicted molar refractivity (Wildman–Crippen MR) is 102 cm³/mol. The number of aryl methyl sites for hydroxylation is 2. The molecule has 4 rings (SSSR count). The molecule has 0 aliphatic carbocycles. The van der Waals surface area contributed by atoms with E-state index in [0.29, 0.717) is 17.6 Å². The van der Waals surface area contributed by atoms with Crippen molar-refractivity contribution in [3.8, 4) is 5.69 Å². The van der Waals surface area contributed by atoms with Crippen molar-refractivity contribution in [2.75, 3.05) is 18.4 Å². The first-order valence-corrected chi connectivity index (χ1v) is 9.27. The Kier molecular flexibility index (Phi) is 4.91. The summed E-state index contributed by atoms with van der Waals surface area (Å²) >= 11 is 0. The molecule has 9 heteroatoms. The van der Waals surface area contributed by atoms with Gasteiger partial charge in [-0.05, 0) is 63.2 Å². The molecule has 1 saturated heterocycles. The molecule has 146 valence electrons. The Morgan fingerprint density at radius 3 is 2.64 bits per heavy atom. The standard InChI is InChI=1S/C19H22FN7O/c1-12-11-16(24-27(12)15-5-3-14(20)4-6-15)18(28)23-19-22-17(25-26(19)2)13-7-9-21-10-8-13/h3-6,11,13,21H,7-10H2,1-2H3,(H,22,23,25,28). The summed E-state index contributed by atoms with van der Waals surface area (Å²) in [6, 6.07) is 7.63. The van der Waals surface area contributed by atoms with Crippen LogP contribution in [0.5, 0.6) is 0 Å². The van der Waals surface area contributed by atoms with Gasteiger partial charge in [-0.25, -0.2) is 13.8 Å². The van der Waals surface area contributed by atoms with Gasteiger partial charge >= 0.3 is 0 Å². The van der Waals surface area contributed by atoms with Crippen LogP contribution in [0.2, 0.25) is 0 Å². The van der Waals surface area contributed by atoms with Gasteiger partial charge in [0.05, 0.1) is 5.69 Å². The van der Waals surface area contributed by atoms with E-state index in [1.807, 2.05) is 6.92 Å². The number of carbonyl (C=O) groups excluding carboxylic acids is 1. The van der Waals surface area contributed by atoms with E-state index in [-0.39, 0.29) is 17.4 Å². The number of rotatable bonds is 4. The summed E-state index contributed by atoms with van der Waals surface area (Å²) in [7, 11) is 1.76. The second kappa shape index (κ2) is 7.51.